The normalized spacial score (nSPS) is 29.8. The predicted octanol–water partition coefficient (Wildman–Crippen LogP) is 0.805. The van der Waals surface area contributed by atoms with E-state index in [-0.39, 0.29) is 5.91 Å². The maximum Gasteiger partial charge on any atom is 0.257 e. The molecule has 1 aromatic rings. The molecule has 0 aromatic carbocycles. The van der Waals surface area contributed by atoms with Gasteiger partial charge in [0.2, 0.25) is 0 Å². The Morgan fingerprint density at radius 2 is 2.32 bits per heavy atom. The van der Waals surface area contributed by atoms with Crippen LogP contribution in [-0.2, 0) is 13.5 Å². The van der Waals surface area contributed by atoms with E-state index in [9.17, 15) is 4.79 Å². The molecule has 0 radical (unpaired) electrons. The first-order valence-electron chi connectivity index (χ1n) is 7.17. The number of amides is 1. The molecule has 3 atom stereocenters. The SMILES string of the molecule is CCc1nn(C)cc1C(=O)N1C(C)CC2CNCC21. The number of rotatable bonds is 2. The summed E-state index contributed by atoms with van der Waals surface area (Å²) in [5.41, 5.74) is 1.69. The van der Waals surface area contributed by atoms with Crippen molar-refractivity contribution < 1.29 is 4.79 Å². The minimum atomic E-state index is 0.161. The van der Waals surface area contributed by atoms with Crippen LogP contribution in [0.15, 0.2) is 6.20 Å². The number of aryl methyl sites for hydroxylation is 2. The summed E-state index contributed by atoms with van der Waals surface area (Å²) in [7, 11) is 1.88. The molecule has 2 aliphatic rings. The van der Waals surface area contributed by atoms with E-state index in [1.807, 2.05) is 20.2 Å². The number of hydrogen-bond acceptors (Lipinski definition) is 3. The van der Waals surface area contributed by atoms with Gasteiger partial charge in [-0.05, 0) is 25.7 Å². The highest BCUT2D eigenvalue weighted by Crippen LogP contribution is 2.33. The quantitative estimate of drug-likeness (QED) is 0.858. The first-order valence-corrected chi connectivity index (χ1v) is 7.17. The fraction of sp³-hybridized carbons (Fsp3) is 0.714. The van der Waals surface area contributed by atoms with Crippen LogP contribution in [0.2, 0.25) is 0 Å². The van der Waals surface area contributed by atoms with Gasteiger partial charge in [-0.15, -0.1) is 0 Å². The van der Waals surface area contributed by atoms with Gasteiger partial charge in [-0.3, -0.25) is 9.48 Å². The fourth-order valence-corrected chi connectivity index (χ4v) is 3.63. The zero-order chi connectivity index (χ0) is 13.6. The Balaban J connectivity index is 1.90. The first-order chi connectivity index (χ1) is 9.11. The lowest BCUT2D eigenvalue weighted by Gasteiger charge is -2.27. The molecule has 3 rings (SSSR count). The van der Waals surface area contributed by atoms with Gasteiger partial charge >= 0.3 is 0 Å². The molecule has 1 amide bonds. The minimum Gasteiger partial charge on any atom is -0.331 e. The topological polar surface area (TPSA) is 50.2 Å². The maximum atomic E-state index is 12.8. The molecular weight excluding hydrogens is 240 g/mol. The largest absolute Gasteiger partial charge is 0.331 e. The van der Waals surface area contributed by atoms with Gasteiger partial charge in [0.25, 0.3) is 5.91 Å². The van der Waals surface area contributed by atoms with Crippen molar-refractivity contribution in [3.8, 4) is 0 Å². The van der Waals surface area contributed by atoms with Gasteiger partial charge in [0.05, 0.1) is 11.3 Å². The van der Waals surface area contributed by atoms with E-state index in [1.54, 1.807) is 4.68 Å². The average molecular weight is 262 g/mol. The number of hydrogen-bond donors (Lipinski definition) is 1. The third-order valence-corrected chi connectivity index (χ3v) is 4.49. The standard InChI is InChI=1S/C14H22N4O/c1-4-12-11(8-17(3)16-12)14(19)18-9(2)5-10-6-15-7-13(10)18/h8-10,13,15H,4-7H2,1-3H3. The number of aromatic nitrogens is 2. The molecule has 104 valence electrons. The highest BCUT2D eigenvalue weighted by Gasteiger charge is 2.44. The summed E-state index contributed by atoms with van der Waals surface area (Å²) in [6.45, 7) is 6.19. The summed E-state index contributed by atoms with van der Waals surface area (Å²) in [6.07, 6.45) is 3.78. The zero-order valence-electron chi connectivity index (χ0n) is 11.9. The van der Waals surface area contributed by atoms with Crippen LogP contribution in [0.5, 0.6) is 0 Å². The van der Waals surface area contributed by atoms with Crippen molar-refractivity contribution >= 4 is 5.91 Å². The van der Waals surface area contributed by atoms with Crippen LogP contribution in [0, 0.1) is 5.92 Å². The third-order valence-electron chi connectivity index (χ3n) is 4.49. The van der Waals surface area contributed by atoms with Crippen molar-refractivity contribution in [3.05, 3.63) is 17.5 Å². The van der Waals surface area contributed by atoms with Crippen LogP contribution in [-0.4, -0.2) is 45.8 Å². The number of carbonyl (C=O) groups is 1. The van der Waals surface area contributed by atoms with E-state index in [0.29, 0.717) is 18.0 Å². The summed E-state index contributed by atoms with van der Waals surface area (Å²) in [5.74, 6) is 0.786. The number of carbonyl (C=O) groups excluding carboxylic acids is 1. The van der Waals surface area contributed by atoms with Gasteiger partial charge < -0.3 is 10.2 Å². The lowest BCUT2D eigenvalue weighted by atomic mass is 10.0. The second-order valence-electron chi connectivity index (χ2n) is 5.80. The van der Waals surface area contributed by atoms with E-state index < -0.39 is 0 Å². The van der Waals surface area contributed by atoms with Gasteiger partial charge in [0.1, 0.15) is 0 Å². The van der Waals surface area contributed by atoms with Gasteiger partial charge in [-0.25, -0.2) is 0 Å². The van der Waals surface area contributed by atoms with Crippen LogP contribution in [0.1, 0.15) is 36.3 Å². The second-order valence-corrected chi connectivity index (χ2v) is 5.80. The molecule has 19 heavy (non-hydrogen) atoms. The molecule has 5 heteroatoms. The lowest BCUT2D eigenvalue weighted by Crippen LogP contribution is -2.43. The van der Waals surface area contributed by atoms with Crippen LogP contribution in [0.4, 0.5) is 0 Å². The molecule has 2 aliphatic heterocycles. The van der Waals surface area contributed by atoms with Crippen molar-refractivity contribution in [2.24, 2.45) is 13.0 Å². The van der Waals surface area contributed by atoms with Crippen molar-refractivity contribution in [2.45, 2.75) is 38.8 Å². The number of likely N-dealkylation sites (tertiary alicyclic amines) is 1. The fourth-order valence-electron chi connectivity index (χ4n) is 3.63. The molecule has 3 heterocycles. The van der Waals surface area contributed by atoms with Gasteiger partial charge in [-0.2, -0.15) is 5.10 Å². The number of fused-ring (bicyclic) bond motifs is 1. The Kier molecular flexibility index (Phi) is 3.09. The Morgan fingerprint density at radius 1 is 1.53 bits per heavy atom. The van der Waals surface area contributed by atoms with E-state index in [4.69, 9.17) is 0 Å². The monoisotopic (exact) mass is 262 g/mol. The molecule has 0 bridgehead atoms. The minimum absolute atomic E-state index is 0.161. The zero-order valence-corrected chi connectivity index (χ0v) is 11.9. The molecule has 1 aromatic heterocycles. The van der Waals surface area contributed by atoms with E-state index >= 15 is 0 Å². The molecular formula is C14H22N4O. The lowest BCUT2D eigenvalue weighted by molar-refractivity contribution is 0.0681. The highest BCUT2D eigenvalue weighted by molar-refractivity contribution is 5.95. The molecule has 0 aliphatic carbocycles. The van der Waals surface area contributed by atoms with Crippen molar-refractivity contribution in [2.75, 3.05) is 13.1 Å². The Hall–Kier alpha value is -1.36. The molecule has 0 spiro atoms. The Bertz CT molecular complexity index is 496. The highest BCUT2D eigenvalue weighted by atomic mass is 16.2. The molecule has 0 saturated carbocycles. The van der Waals surface area contributed by atoms with Crippen LogP contribution in [0.3, 0.4) is 0 Å². The van der Waals surface area contributed by atoms with Gasteiger partial charge in [0, 0.05) is 38.4 Å². The summed E-state index contributed by atoms with van der Waals surface area (Å²) in [4.78, 5) is 14.9. The van der Waals surface area contributed by atoms with E-state index in [0.717, 1.165) is 37.2 Å². The molecule has 5 nitrogen and oxygen atoms in total. The van der Waals surface area contributed by atoms with Crippen LogP contribution >= 0.6 is 0 Å². The van der Waals surface area contributed by atoms with Crippen molar-refractivity contribution in [1.29, 1.82) is 0 Å². The van der Waals surface area contributed by atoms with Crippen molar-refractivity contribution in [3.63, 3.8) is 0 Å². The maximum absolute atomic E-state index is 12.8. The smallest absolute Gasteiger partial charge is 0.257 e. The predicted molar refractivity (Wildman–Crippen MR) is 73.0 cm³/mol. The average Bonchev–Trinajstić information content (AvgIpc) is 3.02. The number of nitrogens with one attached hydrogen (secondary N) is 1. The van der Waals surface area contributed by atoms with E-state index in [2.05, 4.69) is 22.2 Å². The summed E-state index contributed by atoms with van der Waals surface area (Å²) >= 11 is 0. The Labute approximate surface area is 114 Å². The van der Waals surface area contributed by atoms with Gasteiger partial charge in [0.15, 0.2) is 0 Å². The molecule has 1 N–H and O–H groups in total. The van der Waals surface area contributed by atoms with Gasteiger partial charge in [-0.1, -0.05) is 6.92 Å². The summed E-state index contributed by atoms with van der Waals surface area (Å²) < 4.78 is 1.75. The molecule has 2 saturated heterocycles. The van der Waals surface area contributed by atoms with Crippen molar-refractivity contribution in [1.82, 2.24) is 20.0 Å². The first kappa shape index (κ1) is 12.7. The Morgan fingerprint density at radius 3 is 3.05 bits per heavy atom. The van der Waals surface area contributed by atoms with Crippen LogP contribution < -0.4 is 5.32 Å². The third kappa shape index (κ3) is 1.96. The molecule has 3 unspecified atom stereocenters. The summed E-state index contributed by atoms with van der Waals surface area (Å²) in [5, 5.41) is 7.79. The molecule has 2 fully saturated rings. The second kappa shape index (κ2) is 4.63. The van der Waals surface area contributed by atoms with E-state index in [1.165, 1.54) is 0 Å². The van der Waals surface area contributed by atoms with Crippen LogP contribution in [0.25, 0.3) is 0 Å². The number of nitrogens with zero attached hydrogens (tertiary/aromatic N) is 3. The summed E-state index contributed by atoms with van der Waals surface area (Å²) in [6, 6.07) is 0.710.